The van der Waals surface area contributed by atoms with Gasteiger partial charge in [-0.3, -0.25) is 0 Å². The molecular formula is C10H19. The Labute approximate surface area is 65.3 Å². The Kier molecular flexibility index (Phi) is 5.38. The van der Waals surface area contributed by atoms with Gasteiger partial charge in [-0.2, -0.15) is 0 Å². The molecule has 0 heteroatoms. The van der Waals surface area contributed by atoms with Crippen molar-refractivity contribution in [1.82, 2.24) is 0 Å². The summed E-state index contributed by atoms with van der Waals surface area (Å²) in [4.78, 5) is 0. The Morgan fingerprint density at radius 2 is 2.20 bits per heavy atom. The van der Waals surface area contributed by atoms with Crippen LogP contribution >= 0.6 is 0 Å². The third kappa shape index (κ3) is 5.87. The van der Waals surface area contributed by atoms with E-state index < -0.39 is 0 Å². The van der Waals surface area contributed by atoms with E-state index in [1.165, 1.54) is 24.8 Å². The monoisotopic (exact) mass is 139 g/mol. The van der Waals surface area contributed by atoms with E-state index in [0.717, 1.165) is 0 Å². The average molecular weight is 139 g/mol. The highest BCUT2D eigenvalue weighted by Crippen LogP contribution is 2.07. The number of hydrogen-bond acceptors (Lipinski definition) is 0. The van der Waals surface area contributed by atoms with E-state index in [-0.39, 0.29) is 0 Å². The van der Waals surface area contributed by atoms with Crippen LogP contribution in [0.2, 0.25) is 0 Å². The van der Waals surface area contributed by atoms with Crippen LogP contribution in [0.25, 0.3) is 0 Å². The molecule has 0 saturated heterocycles. The number of rotatable bonds is 4. The van der Waals surface area contributed by atoms with Crippen molar-refractivity contribution in [1.29, 1.82) is 0 Å². The Balaban J connectivity index is 3.34. The smallest absolute Gasteiger partial charge is 0.0346 e. The van der Waals surface area contributed by atoms with Crippen LogP contribution in [-0.2, 0) is 0 Å². The van der Waals surface area contributed by atoms with Crippen molar-refractivity contribution >= 4 is 0 Å². The lowest BCUT2D eigenvalue weighted by Gasteiger charge is -2.00. The van der Waals surface area contributed by atoms with Crippen molar-refractivity contribution in [2.45, 2.75) is 40.0 Å². The second-order valence-corrected chi connectivity index (χ2v) is 3.09. The molecule has 0 amide bonds. The van der Waals surface area contributed by atoms with Gasteiger partial charge in [0.1, 0.15) is 0 Å². The van der Waals surface area contributed by atoms with Crippen molar-refractivity contribution in [3.05, 3.63) is 18.6 Å². The Morgan fingerprint density at radius 3 is 2.60 bits per heavy atom. The first-order valence-electron chi connectivity index (χ1n) is 4.15. The fourth-order valence-corrected chi connectivity index (χ4v) is 0.759. The van der Waals surface area contributed by atoms with Crippen molar-refractivity contribution < 1.29 is 0 Å². The van der Waals surface area contributed by atoms with Gasteiger partial charge < -0.3 is 0 Å². The van der Waals surface area contributed by atoms with E-state index in [1.54, 1.807) is 0 Å². The summed E-state index contributed by atoms with van der Waals surface area (Å²) in [6.45, 7) is 10.5. The molecule has 0 heterocycles. The summed E-state index contributed by atoms with van der Waals surface area (Å²) >= 11 is 0. The maximum Gasteiger partial charge on any atom is -0.0346 e. The molecule has 0 aliphatic rings. The molecule has 10 heavy (non-hydrogen) atoms. The molecule has 0 aromatic rings. The van der Waals surface area contributed by atoms with Gasteiger partial charge in [0.15, 0.2) is 0 Å². The zero-order valence-electron chi connectivity index (χ0n) is 7.48. The van der Waals surface area contributed by atoms with Gasteiger partial charge in [0.25, 0.3) is 0 Å². The summed E-state index contributed by atoms with van der Waals surface area (Å²) in [6.07, 6.45) is 5.93. The average Bonchev–Trinajstić information content (AvgIpc) is 1.87. The van der Waals surface area contributed by atoms with Crippen LogP contribution in [-0.4, -0.2) is 0 Å². The zero-order chi connectivity index (χ0) is 7.98. The van der Waals surface area contributed by atoms with Gasteiger partial charge in [0, 0.05) is 0 Å². The molecule has 59 valence electrons. The third-order valence-electron chi connectivity index (χ3n) is 1.71. The van der Waals surface area contributed by atoms with E-state index in [9.17, 15) is 0 Å². The number of allylic oxidation sites excluding steroid dienone is 2. The summed E-state index contributed by atoms with van der Waals surface area (Å²) in [7, 11) is 0. The van der Waals surface area contributed by atoms with Crippen LogP contribution in [0.5, 0.6) is 0 Å². The first-order valence-corrected chi connectivity index (χ1v) is 4.15. The molecule has 0 saturated carbocycles. The van der Waals surface area contributed by atoms with Gasteiger partial charge in [0.2, 0.25) is 0 Å². The Morgan fingerprint density at radius 1 is 1.60 bits per heavy atom. The molecule has 0 aliphatic heterocycles. The lowest BCUT2D eigenvalue weighted by Crippen LogP contribution is -1.85. The molecule has 0 spiro atoms. The maximum atomic E-state index is 3.93. The third-order valence-corrected chi connectivity index (χ3v) is 1.71. The minimum Gasteiger partial charge on any atom is -0.0856 e. The lowest BCUT2D eigenvalue weighted by atomic mass is 10.1. The largest absolute Gasteiger partial charge is 0.0856 e. The fourth-order valence-electron chi connectivity index (χ4n) is 0.759. The second-order valence-electron chi connectivity index (χ2n) is 3.09. The normalized spacial score (nSPS) is 12.7. The van der Waals surface area contributed by atoms with Gasteiger partial charge in [-0.1, -0.05) is 32.4 Å². The molecule has 0 nitrogen and oxygen atoms in total. The van der Waals surface area contributed by atoms with Gasteiger partial charge in [-0.15, -0.1) is 0 Å². The molecule has 0 bridgehead atoms. The van der Waals surface area contributed by atoms with Crippen LogP contribution in [0.4, 0.5) is 0 Å². The predicted octanol–water partition coefficient (Wildman–Crippen LogP) is 3.59. The van der Waals surface area contributed by atoms with Crippen LogP contribution in [0.3, 0.4) is 0 Å². The van der Waals surface area contributed by atoms with Crippen LogP contribution < -0.4 is 0 Å². The minimum atomic E-state index is 0.598. The van der Waals surface area contributed by atoms with Gasteiger partial charge in [0.05, 0.1) is 0 Å². The topological polar surface area (TPSA) is 0 Å². The van der Waals surface area contributed by atoms with Gasteiger partial charge >= 0.3 is 0 Å². The van der Waals surface area contributed by atoms with Gasteiger partial charge in [-0.05, 0) is 32.1 Å². The van der Waals surface area contributed by atoms with E-state index in [4.69, 9.17) is 0 Å². The van der Waals surface area contributed by atoms with Crippen LogP contribution in [0.1, 0.15) is 40.0 Å². The highest BCUT2D eigenvalue weighted by atomic mass is 14.0. The SMILES string of the molecule is [CH2]C(C)CCC=C(C)CC. The Bertz CT molecular complexity index is 98.6. The summed E-state index contributed by atoms with van der Waals surface area (Å²) in [6, 6.07) is 0. The quantitative estimate of drug-likeness (QED) is 0.522. The molecule has 1 radical (unpaired) electrons. The molecular weight excluding hydrogens is 120 g/mol. The lowest BCUT2D eigenvalue weighted by molar-refractivity contribution is 0.652. The molecule has 1 unspecified atom stereocenters. The standard InChI is InChI=1S/C10H19/c1-5-10(4)8-6-7-9(2)3/h8-9H,2,5-7H2,1,3-4H3. The fraction of sp³-hybridized carbons (Fsp3) is 0.700. The molecule has 0 fully saturated rings. The van der Waals surface area contributed by atoms with Crippen LogP contribution in [0, 0.1) is 12.8 Å². The summed E-state index contributed by atoms with van der Waals surface area (Å²) in [5.41, 5.74) is 1.50. The molecule has 0 aliphatic carbocycles. The maximum absolute atomic E-state index is 3.93. The van der Waals surface area contributed by atoms with Crippen molar-refractivity contribution in [3.8, 4) is 0 Å². The molecule has 0 aromatic carbocycles. The van der Waals surface area contributed by atoms with Crippen molar-refractivity contribution in [2.24, 2.45) is 5.92 Å². The van der Waals surface area contributed by atoms with E-state index >= 15 is 0 Å². The highest BCUT2D eigenvalue weighted by molar-refractivity contribution is 4.96. The van der Waals surface area contributed by atoms with Crippen LogP contribution in [0.15, 0.2) is 11.6 Å². The molecule has 0 aromatic heterocycles. The summed E-state index contributed by atoms with van der Waals surface area (Å²) < 4.78 is 0. The van der Waals surface area contributed by atoms with Crippen molar-refractivity contribution in [3.63, 3.8) is 0 Å². The van der Waals surface area contributed by atoms with Crippen molar-refractivity contribution in [2.75, 3.05) is 0 Å². The number of hydrogen-bond donors (Lipinski definition) is 0. The summed E-state index contributed by atoms with van der Waals surface area (Å²) in [5.74, 6) is 0.598. The summed E-state index contributed by atoms with van der Waals surface area (Å²) in [5, 5.41) is 0. The Hall–Kier alpha value is -0.260. The minimum absolute atomic E-state index is 0.598. The zero-order valence-corrected chi connectivity index (χ0v) is 7.48. The molecule has 0 rings (SSSR count). The molecule has 0 N–H and O–H groups in total. The first-order chi connectivity index (χ1) is 4.66. The highest BCUT2D eigenvalue weighted by Gasteiger charge is 1.90. The predicted molar refractivity (Wildman–Crippen MR) is 47.8 cm³/mol. The van der Waals surface area contributed by atoms with Gasteiger partial charge in [-0.25, -0.2) is 0 Å². The van der Waals surface area contributed by atoms with E-state index in [2.05, 4.69) is 33.8 Å². The molecule has 1 atom stereocenters. The van der Waals surface area contributed by atoms with E-state index in [1.807, 2.05) is 0 Å². The second kappa shape index (κ2) is 5.52. The first kappa shape index (κ1) is 9.74. The van der Waals surface area contributed by atoms with E-state index in [0.29, 0.717) is 5.92 Å².